The SMILES string of the molecule is CCc1ccc(S(=O)(=O)[O-])cc1.Cc1ccc(S(=O)(=O)[O-])c(C)c1.Cc1ccc(S(=O)(=O)[O-])cc1.O=S(=O)([O-])c1cc(Cl)c(Cl)cc1Cl.O=S(=O)([O-])c1cc(S(=O)(=O)[O-])c2ccc(SOO[O-])cc2c1.O=S(=O)([O-])c1ccc2cc(SOO[O-])ccc2c1.O=S(=O)([O-])c1ccc2ccc(SOO[O-])cc2c1.O=S(=O)([O-])c1cccc(SOO[O-])c1.O=S(=O)([O-])c1cccc2c(S(=O)(=O)[O-])cccc12.O=S(=O)([O-])c1ccccc1. The van der Waals surface area contributed by atoms with Gasteiger partial charge in [0.2, 0.25) is 0 Å². The molecule has 0 saturated carbocycles. The topological polar surface area (TPSA) is 852 Å². The van der Waals surface area contributed by atoms with E-state index in [0.717, 1.165) is 83.0 Å². The Labute approximate surface area is 876 Å². The number of hydrogen-bond acceptors (Lipinski definition) is 52. The maximum absolute atomic E-state index is 11.2. The summed E-state index contributed by atoms with van der Waals surface area (Å²) < 4.78 is 403. The second kappa shape index (κ2) is 56.4. The van der Waals surface area contributed by atoms with E-state index in [1.807, 2.05) is 20.8 Å². The number of aryl methyl sites for hydroxylation is 4. The van der Waals surface area contributed by atoms with Gasteiger partial charge < -0.3 is 75.7 Å². The van der Waals surface area contributed by atoms with E-state index in [4.69, 9.17) is 34.8 Å². The van der Waals surface area contributed by atoms with E-state index >= 15 is 0 Å². The second-order valence-corrected chi connectivity index (χ2v) is 48.4. The predicted octanol–water partition coefficient (Wildman–Crippen LogP) is 8.70. The van der Waals surface area contributed by atoms with Crippen LogP contribution in [0.3, 0.4) is 0 Å². The summed E-state index contributed by atoms with van der Waals surface area (Å²) in [5.41, 5.74) is 3.39. The molecule has 0 aliphatic carbocycles. The third-order valence-corrected chi connectivity index (χ3v) is 31.3. The van der Waals surface area contributed by atoms with Gasteiger partial charge in [-0.1, -0.05) is 168 Å². The first kappa shape index (κ1) is 129. The Hall–Kier alpha value is -9.17. The van der Waals surface area contributed by atoms with Crippen LogP contribution in [0.5, 0.6) is 0 Å². The van der Waals surface area contributed by atoms with Crippen LogP contribution in [-0.4, -0.2) is 156 Å². The highest BCUT2D eigenvalue weighted by Crippen LogP contribution is 2.36. The molecule has 67 heteroatoms. The Morgan fingerprint density at radius 1 is 0.223 bits per heavy atom. The number of hydrogen-bond donors (Lipinski definition) is 0. The van der Waals surface area contributed by atoms with Crippen LogP contribution in [0.4, 0.5) is 0 Å². The van der Waals surface area contributed by atoms with E-state index in [1.54, 1.807) is 85.8 Å². The summed E-state index contributed by atoms with van der Waals surface area (Å²) in [7, 11) is -54.6. The van der Waals surface area contributed by atoms with Crippen molar-refractivity contribution in [1.82, 2.24) is 0 Å². The van der Waals surface area contributed by atoms with E-state index in [9.17, 15) is 177 Å². The van der Waals surface area contributed by atoms with Crippen molar-refractivity contribution in [2.24, 2.45) is 0 Å². The molecule has 14 rings (SSSR count). The van der Waals surface area contributed by atoms with E-state index in [2.05, 4.69) is 37.5 Å². The first-order valence-electron chi connectivity index (χ1n) is 38.0. The summed E-state index contributed by atoms with van der Waals surface area (Å²) in [4.78, 5) is -3.34. The normalized spacial score (nSPS) is 11.9. The lowest BCUT2D eigenvalue weighted by atomic mass is 10.1. The molecule has 804 valence electrons. The molecule has 0 aliphatic rings. The van der Waals surface area contributed by atoms with Crippen molar-refractivity contribution in [3.63, 3.8) is 0 Å². The molecule has 14 aromatic carbocycles. The van der Waals surface area contributed by atoms with Crippen molar-refractivity contribution in [2.45, 2.75) is 112 Å². The quantitative estimate of drug-likeness (QED) is 0.0170. The summed E-state index contributed by atoms with van der Waals surface area (Å²) in [6.07, 6.45) is 0.833. The minimum Gasteiger partial charge on any atom is -0.744 e. The van der Waals surface area contributed by atoms with E-state index in [-0.39, 0.29) is 75.8 Å². The minimum atomic E-state index is -5.01. The Morgan fingerprint density at radius 3 is 0.939 bits per heavy atom. The van der Waals surface area contributed by atoms with Gasteiger partial charge in [0.05, 0.1) is 122 Å². The van der Waals surface area contributed by atoms with Crippen molar-refractivity contribution in [3.05, 3.63) is 310 Å². The highest BCUT2D eigenvalue weighted by molar-refractivity contribution is 7.95. The third-order valence-electron chi connectivity index (χ3n) is 17.5. The maximum Gasteiger partial charge on any atom is 0.125 e. The minimum absolute atomic E-state index is 0.00847. The monoisotopic (exact) mass is 2420 g/mol. The predicted molar refractivity (Wildman–Crippen MR) is 501 cm³/mol. The first-order chi connectivity index (χ1) is 68.3. The Bertz CT molecular complexity index is 8490. The fourth-order valence-corrected chi connectivity index (χ4v) is 20.6. The van der Waals surface area contributed by atoms with Gasteiger partial charge in [0.25, 0.3) is 0 Å². The molecule has 148 heavy (non-hydrogen) atoms. The summed E-state index contributed by atoms with van der Waals surface area (Å²) >= 11 is 18.9. The fourth-order valence-electron chi connectivity index (χ4n) is 11.1. The van der Waals surface area contributed by atoms with Gasteiger partial charge in [-0.05, 0) is 228 Å². The molecule has 48 nitrogen and oxygen atoms in total. The van der Waals surface area contributed by atoms with Crippen LogP contribution >= 0.6 is 83.0 Å². The molecule has 0 spiro atoms. The highest BCUT2D eigenvalue weighted by Gasteiger charge is 2.18. The Morgan fingerprint density at radius 2 is 0.541 bits per heavy atom. The molecule has 0 bridgehead atoms. The number of benzene rings is 14. The Kier molecular flexibility index (Phi) is 49.3. The summed E-state index contributed by atoms with van der Waals surface area (Å²) in [5.74, 6) is 0. The molecule has 0 amide bonds. The number of rotatable bonds is 25. The van der Waals surface area contributed by atoms with Crippen LogP contribution in [0.15, 0.2) is 351 Å². The van der Waals surface area contributed by atoms with Crippen LogP contribution < -0.4 is 21.0 Å². The van der Waals surface area contributed by atoms with Crippen molar-refractivity contribution in [1.29, 1.82) is 0 Å². The van der Waals surface area contributed by atoms with Gasteiger partial charge in [0.1, 0.15) is 121 Å². The molecule has 0 aliphatic heterocycles. The molecular weight excluding hydrogens is 2360 g/mol. The largest absolute Gasteiger partial charge is 0.744 e. The number of halogens is 3. The average molecular weight is 2420 g/mol. The van der Waals surface area contributed by atoms with Crippen LogP contribution in [0.2, 0.25) is 15.1 Å². The zero-order chi connectivity index (χ0) is 112. The molecular formula is C81H59Cl3O48S16-16. The number of fused-ring (bicyclic) bond motifs is 4. The van der Waals surface area contributed by atoms with Crippen molar-refractivity contribution in [3.8, 4) is 0 Å². The summed E-state index contributed by atoms with van der Waals surface area (Å²) in [5, 5.41) is 53.4. The van der Waals surface area contributed by atoms with E-state index in [0.29, 0.717) is 73.7 Å². The zero-order valence-corrected chi connectivity index (χ0v) is 88.8. The van der Waals surface area contributed by atoms with Crippen LogP contribution in [-0.2, 0) is 165 Å². The van der Waals surface area contributed by atoms with Crippen LogP contribution in [0, 0.1) is 20.8 Å². The van der Waals surface area contributed by atoms with Crippen molar-refractivity contribution in [2.75, 3.05) is 0 Å². The van der Waals surface area contributed by atoms with E-state index in [1.165, 1.54) is 146 Å². The molecule has 0 aromatic heterocycles. The van der Waals surface area contributed by atoms with Crippen LogP contribution in [0.25, 0.3) is 43.1 Å². The zero-order valence-electron chi connectivity index (χ0n) is 73.4. The van der Waals surface area contributed by atoms with Gasteiger partial charge in [-0.25, -0.2) is 101 Å². The van der Waals surface area contributed by atoms with Crippen molar-refractivity contribution < 1.29 is 214 Å². The molecule has 0 radical (unpaired) electrons. The lowest BCUT2D eigenvalue weighted by molar-refractivity contribution is -0.777. The highest BCUT2D eigenvalue weighted by atomic mass is 35.5. The Balaban J connectivity index is 0.000000292. The van der Waals surface area contributed by atoms with Gasteiger partial charge in [0.15, 0.2) is 0 Å². The molecule has 0 atom stereocenters. The fraction of sp³-hybridized carbons (Fsp3) is 0.0617. The summed E-state index contributed by atoms with van der Waals surface area (Å²) in [6.45, 7) is 7.23. The van der Waals surface area contributed by atoms with Gasteiger partial charge in [-0.3, -0.25) is 20.2 Å². The lowest BCUT2D eigenvalue weighted by Gasteiger charge is -2.15. The molecule has 0 heterocycles. The van der Waals surface area contributed by atoms with Gasteiger partial charge in [-0.2, -0.15) is 17.3 Å². The van der Waals surface area contributed by atoms with Gasteiger partial charge >= 0.3 is 0 Å². The molecule has 0 N–H and O–H groups in total. The standard InChI is InChI=1S/C10H8O9S3.3C10H8O6S2.2C8H10O3S.C7H8O3S.C6H3Cl3O3S.C6H6O6S2.C6H6O3S/c11-18-19-20-7-1-2-9-6(3-7)4-8(21(12,13)14)5-10(9)22(15,16)17;11-15-16-17-9-3-1-8-6-10(18(12,13)14)4-2-7(8)5-9;11-15-16-17-9-3-1-7-2-4-10(18(12,13)14)6-8(7)5-9;11-17(12,13)9-5-1-3-7-8(9)4-2-6-10(7)18(14,15)16;1-6-3-4-8(7(2)5-6)12(9,10)11;1-2-7-3-5-8(6-4-7)12(9,10)11;1-6-2-4-7(5-3-6)11(8,9)10;7-3-1-5(9)6(2-4(3)8)13(10,11)12;7-11-12-13-5-2-1-3-6(4-5)14(8,9)10;7-10(8,9)6-4-2-1-3-5-6/h1-5,11H,(H,12,13,14)(H,15,16,17);2*1-6,11H,(H,12,13,14);1-6H,(H,11,12,13)(H,14,15,16);3-5H,1-2H3,(H,9,10,11);3-6H,2H2,1H3,(H,9,10,11);2-5H,1H3,(H,8,9,10);1-2H,(H,10,11,12);1-4,7H,(H,8,9,10);1-5H,(H,7,8,9)/p-16. The molecule has 0 unspecified atom stereocenters. The smallest absolute Gasteiger partial charge is 0.125 e. The van der Waals surface area contributed by atoms with Gasteiger partial charge in [-0.15, -0.1) is 0 Å². The molecule has 0 saturated heterocycles. The maximum atomic E-state index is 11.2. The van der Waals surface area contributed by atoms with Gasteiger partial charge in [0, 0.05) is 30.4 Å². The third kappa shape index (κ3) is 43.5. The molecule has 0 fully saturated rings. The second-order valence-electron chi connectivity index (χ2n) is 27.6. The van der Waals surface area contributed by atoms with Crippen LogP contribution in [0.1, 0.15) is 29.2 Å². The summed E-state index contributed by atoms with van der Waals surface area (Å²) in [6, 6.07) is 60.7. The lowest BCUT2D eigenvalue weighted by Crippen LogP contribution is -2.05. The molecule has 14 aromatic rings. The average Bonchev–Trinajstić information content (AvgIpc) is 0.768. The van der Waals surface area contributed by atoms with Crippen molar-refractivity contribution >= 4 is 247 Å². The van der Waals surface area contributed by atoms with E-state index < -0.39 is 151 Å². The first-order valence-corrected chi connectivity index (χ1v) is 59.0.